The second-order valence-electron chi connectivity index (χ2n) is 8.62. The van der Waals surface area contributed by atoms with Gasteiger partial charge in [-0.1, -0.05) is 41.5 Å². The fourth-order valence-corrected chi connectivity index (χ4v) is 5.36. The summed E-state index contributed by atoms with van der Waals surface area (Å²) in [5.41, 5.74) is 2.42. The van der Waals surface area contributed by atoms with E-state index in [9.17, 15) is 21.4 Å². The van der Waals surface area contributed by atoms with Gasteiger partial charge >= 0.3 is 10.1 Å². The zero-order valence-corrected chi connectivity index (χ0v) is 22.5. The lowest BCUT2D eigenvalue weighted by Gasteiger charge is -2.16. The van der Waals surface area contributed by atoms with E-state index in [1.165, 1.54) is 42.5 Å². The highest BCUT2D eigenvalue weighted by atomic mass is 32.2. The summed E-state index contributed by atoms with van der Waals surface area (Å²) < 4.78 is 77.0. The van der Waals surface area contributed by atoms with E-state index in [0.717, 1.165) is 5.56 Å². The van der Waals surface area contributed by atoms with Gasteiger partial charge in [-0.2, -0.15) is 16.8 Å². The third-order valence-electron chi connectivity index (χ3n) is 5.72. The molecule has 0 saturated heterocycles. The van der Waals surface area contributed by atoms with Crippen molar-refractivity contribution in [2.75, 3.05) is 7.11 Å². The first-order valence-corrected chi connectivity index (χ1v) is 14.3. The van der Waals surface area contributed by atoms with Crippen LogP contribution in [0.4, 0.5) is 0 Å². The Morgan fingerprint density at radius 2 is 1.34 bits per heavy atom. The molecule has 0 aliphatic carbocycles. The Labute approximate surface area is 222 Å². The summed E-state index contributed by atoms with van der Waals surface area (Å²) in [5, 5.41) is 0. The van der Waals surface area contributed by atoms with Crippen molar-refractivity contribution in [3.63, 3.8) is 0 Å². The van der Waals surface area contributed by atoms with Crippen molar-refractivity contribution >= 4 is 20.2 Å². The Bertz CT molecular complexity index is 1660. The van der Waals surface area contributed by atoms with Gasteiger partial charge in [-0.25, -0.2) is 0 Å². The van der Waals surface area contributed by atoms with Gasteiger partial charge in [0.05, 0.1) is 7.11 Å². The van der Waals surface area contributed by atoms with Crippen molar-refractivity contribution in [1.29, 1.82) is 0 Å². The van der Waals surface area contributed by atoms with Crippen LogP contribution in [0.2, 0.25) is 0 Å². The lowest BCUT2D eigenvalue weighted by Crippen LogP contribution is -2.11. The van der Waals surface area contributed by atoms with Gasteiger partial charge in [-0.15, -0.1) is 0 Å². The minimum Gasteiger partial charge on any atom is -0.497 e. The average Bonchev–Trinajstić information content (AvgIpc) is 2.87. The molecule has 0 bridgehead atoms. The van der Waals surface area contributed by atoms with Gasteiger partial charge in [-0.3, -0.25) is 4.55 Å². The molecule has 0 saturated carbocycles. The van der Waals surface area contributed by atoms with Crippen molar-refractivity contribution < 1.29 is 35.0 Å². The first-order valence-electron chi connectivity index (χ1n) is 11.5. The second-order valence-corrected chi connectivity index (χ2v) is 11.6. The van der Waals surface area contributed by atoms with Crippen molar-refractivity contribution in [3.8, 4) is 28.4 Å². The van der Waals surface area contributed by atoms with Crippen molar-refractivity contribution in [1.82, 2.24) is 0 Å². The maximum atomic E-state index is 13.2. The molecule has 0 spiro atoms. The van der Waals surface area contributed by atoms with E-state index in [2.05, 4.69) is 0 Å². The highest BCUT2D eigenvalue weighted by molar-refractivity contribution is 7.87. The fraction of sp³-hybridized carbons (Fsp3) is 0.143. The van der Waals surface area contributed by atoms with E-state index in [1.54, 1.807) is 56.5 Å². The van der Waals surface area contributed by atoms with E-state index < -0.39 is 20.2 Å². The zero-order chi connectivity index (χ0) is 27.5. The zero-order valence-electron chi connectivity index (χ0n) is 20.9. The van der Waals surface area contributed by atoms with Gasteiger partial charge in [0, 0.05) is 11.1 Å². The van der Waals surface area contributed by atoms with Crippen molar-refractivity contribution in [2.24, 2.45) is 0 Å². The minimum atomic E-state index is -4.62. The lowest BCUT2D eigenvalue weighted by atomic mass is 10.0. The maximum Gasteiger partial charge on any atom is 0.339 e. The maximum absolute atomic E-state index is 13.2. The number of aryl methyl sites for hydroxylation is 2. The standard InChI is InChI=1S/C28H26O8S2/c1-19-4-12-24(13-5-19)38(32,33)36-27-17-21(18-35-23-10-8-22(34-3)9-11-23)7-14-25(27)26-16-20(2)6-15-28(26)37(29,30)31/h4-17H,18H2,1-3H3,(H,29,30,31). The molecule has 0 aliphatic rings. The molecule has 4 aromatic carbocycles. The molecule has 198 valence electrons. The van der Waals surface area contributed by atoms with Crippen LogP contribution in [0, 0.1) is 13.8 Å². The van der Waals surface area contributed by atoms with Crippen LogP contribution < -0.4 is 13.7 Å². The Morgan fingerprint density at radius 3 is 1.97 bits per heavy atom. The molecule has 0 amide bonds. The normalized spacial score (nSPS) is 11.7. The van der Waals surface area contributed by atoms with E-state index in [-0.39, 0.29) is 33.3 Å². The highest BCUT2D eigenvalue weighted by Crippen LogP contribution is 2.37. The number of rotatable bonds is 9. The number of ether oxygens (including phenoxy) is 2. The monoisotopic (exact) mass is 554 g/mol. The Balaban J connectivity index is 1.78. The molecule has 0 aliphatic heterocycles. The minimum absolute atomic E-state index is 0.0619. The molecule has 0 atom stereocenters. The lowest BCUT2D eigenvalue weighted by molar-refractivity contribution is 0.305. The molecule has 4 rings (SSSR count). The topological polar surface area (TPSA) is 116 Å². The molecule has 4 aromatic rings. The van der Waals surface area contributed by atoms with E-state index in [1.807, 2.05) is 6.92 Å². The summed E-state index contributed by atoms with van der Waals surface area (Å²) in [5.74, 6) is 1.13. The van der Waals surface area contributed by atoms with Crippen LogP contribution in [0.3, 0.4) is 0 Å². The average molecular weight is 555 g/mol. The number of methoxy groups -OCH3 is 1. The smallest absolute Gasteiger partial charge is 0.339 e. The summed E-state index contributed by atoms with van der Waals surface area (Å²) in [6, 6.07) is 22.1. The van der Waals surface area contributed by atoms with Crippen LogP contribution in [0.5, 0.6) is 17.2 Å². The van der Waals surface area contributed by atoms with Gasteiger partial charge in [0.2, 0.25) is 0 Å². The second kappa shape index (κ2) is 10.9. The van der Waals surface area contributed by atoms with E-state index in [4.69, 9.17) is 13.7 Å². The van der Waals surface area contributed by atoms with Crippen LogP contribution in [0.25, 0.3) is 11.1 Å². The molecule has 0 radical (unpaired) electrons. The predicted molar refractivity (Wildman–Crippen MR) is 143 cm³/mol. The highest BCUT2D eigenvalue weighted by Gasteiger charge is 2.24. The Morgan fingerprint density at radius 1 is 0.711 bits per heavy atom. The summed E-state index contributed by atoms with van der Waals surface area (Å²) in [7, 11) is -7.33. The third kappa shape index (κ3) is 6.34. The van der Waals surface area contributed by atoms with Crippen LogP contribution >= 0.6 is 0 Å². The van der Waals surface area contributed by atoms with E-state index >= 15 is 0 Å². The van der Waals surface area contributed by atoms with Crippen molar-refractivity contribution in [3.05, 3.63) is 102 Å². The van der Waals surface area contributed by atoms with Crippen LogP contribution in [-0.4, -0.2) is 28.5 Å². The Kier molecular flexibility index (Phi) is 7.77. The summed E-state index contributed by atoms with van der Waals surface area (Å²) in [6.45, 7) is 3.65. The van der Waals surface area contributed by atoms with Crippen LogP contribution in [0.15, 0.2) is 94.7 Å². The molecule has 0 unspecified atom stereocenters. The molecular formula is C28H26O8S2. The molecule has 8 nitrogen and oxygen atoms in total. The molecule has 10 heteroatoms. The molecule has 0 aromatic heterocycles. The van der Waals surface area contributed by atoms with Gasteiger partial charge in [0.15, 0.2) is 5.75 Å². The fourth-order valence-electron chi connectivity index (χ4n) is 3.74. The summed E-state index contributed by atoms with van der Waals surface area (Å²) in [4.78, 5) is -0.434. The van der Waals surface area contributed by atoms with Gasteiger partial charge < -0.3 is 13.7 Å². The predicted octanol–water partition coefficient (Wildman–Crippen LogP) is 5.57. The number of hydrogen-bond acceptors (Lipinski definition) is 7. The largest absolute Gasteiger partial charge is 0.497 e. The molecule has 0 heterocycles. The number of hydrogen-bond donors (Lipinski definition) is 1. The molecule has 0 fully saturated rings. The SMILES string of the molecule is COc1ccc(OCc2ccc(-c3cc(C)ccc3S(=O)(=O)O)c(OS(=O)(=O)c3ccc(C)cc3)c2)cc1. The van der Waals surface area contributed by atoms with Gasteiger partial charge in [-0.05, 0) is 74.0 Å². The van der Waals surface area contributed by atoms with Crippen molar-refractivity contribution in [2.45, 2.75) is 30.2 Å². The van der Waals surface area contributed by atoms with Gasteiger partial charge in [0.1, 0.15) is 27.9 Å². The number of benzene rings is 4. The third-order valence-corrected chi connectivity index (χ3v) is 7.88. The molecule has 1 N–H and O–H groups in total. The molecule has 38 heavy (non-hydrogen) atoms. The first kappa shape index (κ1) is 27.2. The van der Waals surface area contributed by atoms with E-state index in [0.29, 0.717) is 22.6 Å². The summed E-state index contributed by atoms with van der Waals surface area (Å²) >= 11 is 0. The van der Waals surface area contributed by atoms with Crippen LogP contribution in [-0.2, 0) is 26.8 Å². The Hall–Kier alpha value is -3.86. The quantitative estimate of drug-likeness (QED) is 0.211. The van der Waals surface area contributed by atoms with Crippen LogP contribution in [0.1, 0.15) is 16.7 Å². The first-order chi connectivity index (χ1) is 18.0. The molecular weight excluding hydrogens is 528 g/mol. The van der Waals surface area contributed by atoms with Gasteiger partial charge in [0.25, 0.3) is 10.1 Å². The summed E-state index contributed by atoms with van der Waals surface area (Å²) in [6.07, 6.45) is 0.